The van der Waals surface area contributed by atoms with Crippen LogP contribution in [0.3, 0.4) is 0 Å². The molecule has 0 bridgehead atoms. The summed E-state index contributed by atoms with van der Waals surface area (Å²) in [6.45, 7) is 0. The van der Waals surface area contributed by atoms with Gasteiger partial charge in [-0.15, -0.1) is 0 Å². The lowest BCUT2D eigenvalue weighted by molar-refractivity contribution is 1.30. The predicted molar refractivity (Wildman–Crippen MR) is 166 cm³/mol. The highest BCUT2D eigenvalue weighted by molar-refractivity contribution is 6.19. The van der Waals surface area contributed by atoms with E-state index in [9.17, 15) is 0 Å². The van der Waals surface area contributed by atoms with Gasteiger partial charge >= 0.3 is 0 Å². The topological polar surface area (TPSA) is 41.0 Å². The normalized spacial score (nSPS) is 12.9. The van der Waals surface area contributed by atoms with E-state index in [0.717, 1.165) is 62.9 Å². The van der Waals surface area contributed by atoms with E-state index in [1.807, 2.05) is 18.2 Å². The summed E-state index contributed by atoms with van der Waals surface area (Å²) in [5.74, 6) is 0.838. The van der Waals surface area contributed by atoms with Crippen LogP contribution in [0.4, 0.5) is 0 Å². The molecule has 0 saturated heterocycles. The predicted octanol–water partition coefficient (Wildman–Crippen LogP) is 9.17. The van der Waals surface area contributed by atoms with Crippen LogP contribution >= 0.6 is 0 Å². The van der Waals surface area contributed by atoms with E-state index in [-0.39, 0.29) is 0 Å². The van der Waals surface area contributed by atoms with Crippen molar-refractivity contribution in [2.75, 3.05) is 0 Å². The van der Waals surface area contributed by atoms with Gasteiger partial charge in [0.05, 0.1) is 22.8 Å². The van der Waals surface area contributed by atoms with Crippen LogP contribution in [0.15, 0.2) is 151 Å². The summed E-state index contributed by atoms with van der Waals surface area (Å²) in [5.41, 5.74) is 11.9. The van der Waals surface area contributed by atoms with Crippen LogP contribution < -0.4 is 0 Å². The van der Waals surface area contributed by atoms with Gasteiger partial charge in [0, 0.05) is 34.2 Å². The largest absolute Gasteiger partial charge is 0.337 e. The Morgan fingerprint density at radius 2 is 0.975 bits per heavy atom. The monoisotopic (exact) mass is 513 g/mol. The third kappa shape index (κ3) is 4.48. The van der Waals surface area contributed by atoms with E-state index in [2.05, 4.69) is 132 Å². The molecule has 40 heavy (non-hydrogen) atoms. The van der Waals surface area contributed by atoms with Crippen molar-refractivity contribution in [2.24, 2.45) is 4.99 Å². The van der Waals surface area contributed by atoms with Crippen molar-refractivity contribution in [2.45, 2.75) is 6.42 Å². The quantitative estimate of drug-likeness (QED) is 0.237. The number of aromatic amines is 1. The molecule has 1 aliphatic rings. The average molecular weight is 514 g/mol. The Hall–Kier alpha value is -5.28. The van der Waals surface area contributed by atoms with E-state index in [0.29, 0.717) is 0 Å². The number of H-pyrrole nitrogens is 1. The highest BCUT2D eigenvalue weighted by Gasteiger charge is 2.25. The van der Waals surface area contributed by atoms with E-state index < -0.39 is 0 Å². The minimum absolute atomic E-state index is 0.753. The zero-order valence-electron chi connectivity index (χ0n) is 22.0. The lowest BCUT2D eigenvalue weighted by Gasteiger charge is -2.09. The number of hydrogen-bond donors (Lipinski definition) is 1. The van der Waals surface area contributed by atoms with Gasteiger partial charge in [0.25, 0.3) is 0 Å². The molecule has 0 fully saturated rings. The molecule has 0 aliphatic carbocycles. The van der Waals surface area contributed by atoms with Gasteiger partial charge in [-0.05, 0) is 11.1 Å². The maximum Gasteiger partial charge on any atom is 0.139 e. The molecule has 190 valence electrons. The van der Waals surface area contributed by atoms with Crippen LogP contribution in [-0.4, -0.2) is 15.7 Å². The fourth-order valence-corrected chi connectivity index (χ4v) is 5.42. The van der Waals surface area contributed by atoms with Gasteiger partial charge in [0.15, 0.2) is 0 Å². The van der Waals surface area contributed by atoms with Crippen LogP contribution in [-0.2, 0) is 0 Å². The summed E-state index contributed by atoms with van der Waals surface area (Å²) in [6, 6.07) is 50.3. The summed E-state index contributed by atoms with van der Waals surface area (Å²) in [5, 5.41) is 0. The van der Waals surface area contributed by atoms with Crippen molar-refractivity contribution < 1.29 is 0 Å². The van der Waals surface area contributed by atoms with Gasteiger partial charge in [-0.25, -0.2) is 4.98 Å². The molecule has 1 N–H and O–H groups in total. The molecule has 0 amide bonds. The Balaban J connectivity index is 1.36. The van der Waals surface area contributed by atoms with E-state index >= 15 is 0 Å². The van der Waals surface area contributed by atoms with Gasteiger partial charge in [-0.1, -0.05) is 146 Å². The highest BCUT2D eigenvalue weighted by Crippen LogP contribution is 2.40. The third-order valence-corrected chi connectivity index (χ3v) is 7.35. The number of aromatic nitrogens is 2. The smallest absolute Gasteiger partial charge is 0.139 e. The summed E-state index contributed by atoms with van der Waals surface area (Å²) in [7, 11) is 0. The zero-order chi connectivity index (χ0) is 26.7. The molecule has 6 aromatic rings. The second kappa shape index (κ2) is 10.5. The molecule has 1 aromatic heterocycles. The van der Waals surface area contributed by atoms with Crippen LogP contribution in [0, 0.1) is 0 Å². The first-order valence-electron chi connectivity index (χ1n) is 13.6. The molecule has 1 aliphatic heterocycles. The Bertz CT molecular complexity index is 1770. The molecule has 3 nitrogen and oxygen atoms in total. The summed E-state index contributed by atoms with van der Waals surface area (Å²) in [4.78, 5) is 14.1. The van der Waals surface area contributed by atoms with Gasteiger partial charge in [0.1, 0.15) is 5.82 Å². The lowest BCUT2D eigenvalue weighted by Crippen LogP contribution is -2.01. The Kier molecular flexibility index (Phi) is 6.23. The number of hydrogen-bond acceptors (Lipinski definition) is 2. The first kappa shape index (κ1) is 23.8. The molecule has 2 heterocycles. The van der Waals surface area contributed by atoms with Crippen LogP contribution in [0.2, 0.25) is 0 Å². The molecule has 3 heteroatoms. The molecule has 0 radical (unpaired) electrons. The van der Waals surface area contributed by atoms with Crippen molar-refractivity contribution in [3.8, 4) is 33.9 Å². The van der Waals surface area contributed by atoms with Crippen molar-refractivity contribution in [1.82, 2.24) is 9.97 Å². The summed E-state index contributed by atoms with van der Waals surface area (Å²) < 4.78 is 0. The minimum Gasteiger partial charge on any atom is -0.337 e. The number of aliphatic imine (C=N–C) groups is 1. The second-order valence-corrected chi connectivity index (χ2v) is 9.88. The molecule has 0 unspecified atom stereocenters. The number of allylic oxidation sites excluding steroid dienone is 1. The average Bonchev–Trinajstić information content (AvgIpc) is 3.69. The van der Waals surface area contributed by atoms with Crippen molar-refractivity contribution in [3.05, 3.63) is 162 Å². The van der Waals surface area contributed by atoms with Gasteiger partial charge < -0.3 is 4.98 Å². The molecule has 5 aromatic carbocycles. The summed E-state index contributed by atoms with van der Waals surface area (Å²) in [6.07, 6.45) is 0.753. The first-order chi connectivity index (χ1) is 19.8. The number of benzene rings is 5. The molecule has 0 saturated carbocycles. The van der Waals surface area contributed by atoms with Gasteiger partial charge in [-0.3, -0.25) is 4.99 Å². The van der Waals surface area contributed by atoms with Crippen molar-refractivity contribution in [1.29, 1.82) is 0 Å². The fraction of sp³-hybridized carbons (Fsp3) is 0.0270. The molecule has 0 atom stereocenters. The van der Waals surface area contributed by atoms with Crippen LogP contribution in [0.25, 0.3) is 45.2 Å². The lowest BCUT2D eigenvalue weighted by atomic mass is 9.94. The van der Waals surface area contributed by atoms with Crippen LogP contribution in [0.5, 0.6) is 0 Å². The Labute approximate surface area is 234 Å². The zero-order valence-corrected chi connectivity index (χ0v) is 22.0. The Morgan fingerprint density at radius 3 is 1.60 bits per heavy atom. The van der Waals surface area contributed by atoms with E-state index in [1.54, 1.807) is 0 Å². The maximum atomic E-state index is 5.27. The highest BCUT2D eigenvalue weighted by atomic mass is 14.9. The maximum absolute atomic E-state index is 5.27. The second-order valence-electron chi connectivity index (χ2n) is 9.88. The number of nitrogens with zero attached hydrogens (tertiary/aromatic N) is 2. The molecular formula is C37H27N3. The van der Waals surface area contributed by atoms with Crippen molar-refractivity contribution in [3.63, 3.8) is 0 Å². The fourth-order valence-electron chi connectivity index (χ4n) is 5.42. The number of nitrogens with one attached hydrogen (secondary N) is 1. The van der Waals surface area contributed by atoms with Gasteiger partial charge in [-0.2, -0.15) is 0 Å². The third-order valence-electron chi connectivity index (χ3n) is 7.35. The molecular weight excluding hydrogens is 486 g/mol. The SMILES string of the molecule is c1ccc(C2=C(c3ccccc3)N=C(c3ccccc3-c3nc(-c4ccccc4)c(-c4ccccc4)[nH]3)C2)cc1. The number of imidazole rings is 1. The summed E-state index contributed by atoms with van der Waals surface area (Å²) >= 11 is 0. The number of rotatable bonds is 6. The Morgan fingerprint density at radius 1 is 0.475 bits per heavy atom. The van der Waals surface area contributed by atoms with Gasteiger partial charge in [0.2, 0.25) is 0 Å². The standard InChI is InChI=1S/C37H27N3/c1-5-15-26(16-6-1)32-25-33(38-34(32)27-17-7-2-8-18-27)30-23-13-14-24-31(30)37-39-35(28-19-9-3-10-20-28)36(40-37)29-21-11-4-12-22-29/h1-24H,25H2,(H,39,40). The van der Waals surface area contributed by atoms with E-state index in [1.165, 1.54) is 11.1 Å². The minimum atomic E-state index is 0.753. The first-order valence-corrected chi connectivity index (χ1v) is 13.6. The van der Waals surface area contributed by atoms with Crippen LogP contribution in [0.1, 0.15) is 23.1 Å². The molecule has 7 rings (SSSR count). The molecule has 0 spiro atoms. The van der Waals surface area contributed by atoms with Crippen molar-refractivity contribution >= 4 is 17.0 Å². The van der Waals surface area contributed by atoms with E-state index in [4.69, 9.17) is 9.98 Å².